The van der Waals surface area contributed by atoms with Gasteiger partial charge in [0.25, 0.3) is 0 Å². The lowest BCUT2D eigenvalue weighted by Gasteiger charge is -2.31. The second-order valence-electron chi connectivity index (χ2n) is 6.33. The molecule has 2 atom stereocenters. The van der Waals surface area contributed by atoms with Crippen molar-refractivity contribution in [2.24, 2.45) is 0 Å². The van der Waals surface area contributed by atoms with E-state index in [1.807, 2.05) is 12.1 Å². The van der Waals surface area contributed by atoms with Gasteiger partial charge in [-0.3, -0.25) is 0 Å². The lowest BCUT2D eigenvalue weighted by atomic mass is 9.89. The smallest absolute Gasteiger partial charge is 0.206 e. The molecule has 0 saturated carbocycles. The van der Waals surface area contributed by atoms with Crippen LogP contribution in [0.2, 0.25) is 0 Å². The van der Waals surface area contributed by atoms with Crippen LogP contribution in [0.25, 0.3) is 0 Å². The molecule has 2 heterocycles. The van der Waals surface area contributed by atoms with Crippen molar-refractivity contribution in [1.82, 2.24) is 4.90 Å². The fraction of sp³-hybridized carbons (Fsp3) is 0.333. The van der Waals surface area contributed by atoms with E-state index in [1.54, 1.807) is 36.4 Å². The number of ether oxygens (including phenoxy) is 1. The number of sulfone groups is 1. The van der Waals surface area contributed by atoms with Crippen molar-refractivity contribution < 1.29 is 13.2 Å². The van der Waals surface area contributed by atoms with Crippen LogP contribution in [0.5, 0.6) is 5.75 Å². The molecule has 0 aromatic heterocycles. The van der Waals surface area contributed by atoms with Crippen LogP contribution in [0.4, 0.5) is 0 Å². The van der Waals surface area contributed by atoms with Crippen molar-refractivity contribution in [1.29, 1.82) is 0 Å². The highest BCUT2D eigenvalue weighted by Gasteiger charge is 2.38. The van der Waals surface area contributed by atoms with Crippen LogP contribution in [0.15, 0.2) is 58.3 Å². The number of hydrogen-bond acceptors (Lipinski definition) is 4. The van der Waals surface area contributed by atoms with E-state index in [-0.39, 0.29) is 6.10 Å². The molecule has 23 heavy (non-hydrogen) atoms. The molecule has 2 unspecified atom stereocenters. The maximum absolute atomic E-state index is 12.7. The summed E-state index contributed by atoms with van der Waals surface area (Å²) in [7, 11) is -1.40. The first kappa shape index (κ1) is 14.7. The molecule has 2 aromatic rings. The fourth-order valence-corrected chi connectivity index (χ4v) is 4.83. The molecule has 0 spiro atoms. The lowest BCUT2D eigenvalue weighted by Crippen LogP contribution is -2.40. The van der Waals surface area contributed by atoms with Gasteiger partial charge in [0.1, 0.15) is 11.9 Å². The Balaban J connectivity index is 1.71. The van der Waals surface area contributed by atoms with Crippen molar-refractivity contribution in [3.8, 4) is 5.75 Å². The number of rotatable bonds is 2. The predicted molar refractivity (Wildman–Crippen MR) is 87.6 cm³/mol. The minimum absolute atomic E-state index is 0.137. The van der Waals surface area contributed by atoms with Crippen molar-refractivity contribution in [3.05, 3.63) is 54.1 Å². The third-order valence-corrected chi connectivity index (χ3v) is 6.56. The first-order valence-corrected chi connectivity index (χ1v) is 9.33. The maximum atomic E-state index is 12.7. The molecule has 1 fully saturated rings. The SMILES string of the molecule is CN1CCC2c3ccc(S(=O)(=O)c4ccccc4)cc3OC2C1. The maximum Gasteiger partial charge on any atom is 0.206 e. The lowest BCUT2D eigenvalue weighted by molar-refractivity contribution is 0.108. The number of benzene rings is 2. The summed E-state index contributed by atoms with van der Waals surface area (Å²) in [6.07, 6.45) is 1.19. The monoisotopic (exact) mass is 329 g/mol. The van der Waals surface area contributed by atoms with E-state index >= 15 is 0 Å². The summed E-state index contributed by atoms with van der Waals surface area (Å²) in [6, 6.07) is 13.9. The Morgan fingerprint density at radius 2 is 1.87 bits per heavy atom. The van der Waals surface area contributed by atoms with Crippen molar-refractivity contribution >= 4 is 9.84 Å². The Morgan fingerprint density at radius 1 is 1.09 bits per heavy atom. The summed E-state index contributed by atoms with van der Waals surface area (Å²) in [5.41, 5.74) is 1.15. The van der Waals surface area contributed by atoms with Crippen molar-refractivity contribution in [2.45, 2.75) is 28.2 Å². The summed E-state index contributed by atoms with van der Waals surface area (Å²) >= 11 is 0. The first-order valence-electron chi connectivity index (χ1n) is 7.85. The fourth-order valence-electron chi connectivity index (χ4n) is 3.54. The third-order valence-electron chi connectivity index (χ3n) is 4.79. The Hall–Kier alpha value is -1.85. The average Bonchev–Trinajstić information content (AvgIpc) is 2.92. The number of hydrogen-bond donors (Lipinski definition) is 0. The third kappa shape index (κ3) is 2.44. The molecule has 0 N–H and O–H groups in total. The van der Waals surface area contributed by atoms with Crippen LogP contribution in [0.3, 0.4) is 0 Å². The Bertz CT molecular complexity index is 833. The number of fused-ring (bicyclic) bond motifs is 3. The Labute approximate surface area is 136 Å². The Morgan fingerprint density at radius 3 is 2.65 bits per heavy atom. The van der Waals surface area contributed by atoms with E-state index in [4.69, 9.17) is 4.74 Å². The van der Waals surface area contributed by atoms with E-state index < -0.39 is 9.84 Å². The number of likely N-dealkylation sites (tertiary alicyclic amines) is 1. The number of nitrogens with zero attached hydrogens (tertiary/aromatic N) is 1. The molecule has 0 radical (unpaired) electrons. The molecular weight excluding hydrogens is 310 g/mol. The topological polar surface area (TPSA) is 46.6 Å². The molecule has 4 nitrogen and oxygen atoms in total. The molecule has 2 aliphatic rings. The quantitative estimate of drug-likeness (QED) is 0.850. The van der Waals surface area contributed by atoms with Gasteiger partial charge in [0.2, 0.25) is 9.84 Å². The standard InChI is InChI=1S/C18H19NO3S/c1-19-10-9-16-15-8-7-14(11-17(15)22-18(16)12-19)23(20,21)13-5-3-2-4-6-13/h2-8,11,16,18H,9-10,12H2,1H3. The summed E-state index contributed by atoms with van der Waals surface area (Å²) in [4.78, 5) is 2.87. The van der Waals surface area contributed by atoms with Crippen LogP contribution in [-0.4, -0.2) is 39.6 Å². The van der Waals surface area contributed by atoms with E-state index in [0.29, 0.717) is 15.7 Å². The van der Waals surface area contributed by atoms with Gasteiger partial charge in [0.15, 0.2) is 0 Å². The van der Waals surface area contributed by atoms with Crippen LogP contribution in [-0.2, 0) is 9.84 Å². The summed E-state index contributed by atoms with van der Waals surface area (Å²) < 4.78 is 31.5. The highest BCUT2D eigenvalue weighted by atomic mass is 32.2. The van der Waals surface area contributed by atoms with Crippen molar-refractivity contribution in [3.63, 3.8) is 0 Å². The molecule has 0 amide bonds. The summed E-state index contributed by atoms with van der Waals surface area (Å²) in [6.45, 7) is 1.94. The van der Waals surface area contributed by atoms with Gasteiger partial charge in [-0.05, 0) is 44.3 Å². The van der Waals surface area contributed by atoms with Gasteiger partial charge in [-0.25, -0.2) is 8.42 Å². The van der Waals surface area contributed by atoms with Crippen LogP contribution in [0, 0.1) is 0 Å². The molecule has 0 aliphatic carbocycles. The van der Waals surface area contributed by atoms with Crippen LogP contribution in [0.1, 0.15) is 17.9 Å². The average molecular weight is 329 g/mol. The zero-order chi connectivity index (χ0) is 16.0. The zero-order valence-corrected chi connectivity index (χ0v) is 13.8. The molecular formula is C18H19NO3S. The largest absolute Gasteiger partial charge is 0.488 e. The predicted octanol–water partition coefficient (Wildman–Crippen LogP) is 2.70. The van der Waals surface area contributed by atoms with E-state index in [9.17, 15) is 8.42 Å². The second kappa shape index (κ2) is 5.35. The Kier molecular flexibility index (Phi) is 3.43. The van der Waals surface area contributed by atoms with Gasteiger partial charge in [-0.1, -0.05) is 24.3 Å². The van der Waals surface area contributed by atoms with Crippen molar-refractivity contribution in [2.75, 3.05) is 20.1 Å². The molecule has 4 rings (SSSR count). The van der Waals surface area contributed by atoms with Crippen LogP contribution >= 0.6 is 0 Å². The van der Waals surface area contributed by atoms with E-state index in [1.165, 1.54) is 0 Å². The van der Waals surface area contributed by atoms with Gasteiger partial charge in [0.05, 0.1) is 9.79 Å². The molecule has 2 aliphatic heterocycles. The van der Waals surface area contributed by atoms with Gasteiger partial charge in [-0.2, -0.15) is 0 Å². The van der Waals surface area contributed by atoms with E-state index in [2.05, 4.69) is 11.9 Å². The minimum Gasteiger partial charge on any atom is -0.488 e. The van der Waals surface area contributed by atoms with Gasteiger partial charge in [-0.15, -0.1) is 0 Å². The molecule has 1 saturated heterocycles. The zero-order valence-electron chi connectivity index (χ0n) is 13.0. The second-order valence-corrected chi connectivity index (χ2v) is 8.28. The van der Waals surface area contributed by atoms with E-state index in [0.717, 1.165) is 30.8 Å². The normalized spacial score (nSPS) is 23.9. The summed E-state index contributed by atoms with van der Waals surface area (Å²) in [5.74, 6) is 1.11. The van der Waals surface area contributed by atoms with Gasteiger partial charge >= 0.3 is 0 Å². The van der Waals surface area contributed by atoms with Gasteiger partial charge < -0.3 is 9.64 Å². The van der Waals surface area contributed by atoms with Crippen LogP contribution < -0.4 is 4.74 Å². The molecule has 0 bridgehead atoms. The summed E-state index contributed by atoms with van der Waals surface area (Å²) in [5, 5.41) is 0. The first-order chi connectivity index (χ1) is 11.1. The molecule has 120 valence electrons. The number of likely N-dealkylation sites (N-methyl/N-ethyl adjacent to an activating group) is 1. The highest BCUT2D eigenvalue weighted by molar-refractivity contribution is 7.91. The molecule has 5 heteroatoms. The highest BCUT2D eigenvalue weighted by Crippen LogP contribution is 2.43. The number of piperidine rings is 1. The minimum atomic E-state index is -3.49. The van der Waals surface area contributed by atoms with Gasteiger partial charge in [0, 0.05) is 18.0 Å². The molecule has 2 aromatic carbocycles.